The third-order valence-electron chi connectivity index (χ3n) is 1.37. The van der Waals surface area contributed by atoms with Gasteiger partial charge in [0.1, 0.15) is 0 Å². The molecule has 0 aliphatic heterocycles. The molecule has 1 N–H and O–H groups in total. The van der Waals surface area contributed by atoms with Gasteiger partial charge in [-0.2, -0.15) is 0 Å². The molecular weight excluding hydrogens is 190 g/mol. The summed E-state index contributed by atoms with van der Waals surface area (Å²) in [4.78, 5) is 0. The Bertz CT molecular complexity index is 203. The van der Waals surface area contributed by atoms with Gasteiger partial charge < -0.3 is 0 Å². The lowest BCUT2D eigenvalue weighted by Crippen LogP contribution is -1.91. The normalized spacial score (nSPS) is 13.1. The molecule has 2 heteroatoms. The quantitative estimate of drug-likeness (QED) is 0.664. The second kappa shape index (κ2) is 3.17. The van der Waals surface area contributed by atoms with Crippen LogP contribution in [0.1, 0.15) is 18.5 Å². The van der Waals surface area contributed by atoms with Gasteiger partial charge in [-0.15, -0.1) is 0 Å². The molecule has 0 saturated heterocycles. The van der Waals surface area contributed by atoms with Crippen LogP contribution in [0.25, 0.3) is 0 Å². The van der Waals surface area contributed by atoms with Crippen molar-refractivity contribution in [3.63, 3.8) is 0 Å². The van der Waals surface area contributed by atoms with Crippen LogP contribution in [0.3, 0.4) is 0 Å². The molecule has 0 spiro atoms. The highest BCUT2D eigenvalue weighted by molar-refractivity contribution is 9.10. The van der Waals surface area contributed by atoms with Crippen molar-refractivity contribution in [2.75, 3.05) is 0 Å². The van der Waals surface area contributed by atoms with Gasteiger partial charge in [0.15, 0.2) is 0 Å². The van der Waals surface area contributed by atoms with Crippen molar-refractivity contribution in [3.05, 3.63) is 34.3 Å². The summed E-state index contributed by atoms with van der Waals surface area (Å²) in [5.41, 5.74) is 8.43. The minimum atomic E-state index is -0.118. The number of halogens is 1. The summed E-state index contributed by atoms with van der Waals surface area (Å²) < 4.78 is 1.07. The van der Waals surface area contributed by atoms with E-state index in [1.165, 1.54) is 0 Å². The highest BCUT2D eigenvalue weighted by Gasteiger charge is 1.96. The van der Waals surface area contributed by atoms with Crippen molar-refractivity contribution in [2.45, 2.75) is 13.0 Å². The highest BCUT2D eigenvalue weighted by atomic mass is 79.9. The zero-order chi connectivity index (χ0) is 7.56. The number of hydrogen-bond donors (Lipinski definition) is 0. The van der Waals surface area contributed by atoms with Gasteiger partial charge in [0.2, 0.25) is 0 Å². The second-order valence-corrected chi connectivity index (χ2v) is 3.19. The van der Waals surface area contributed by atoms with Crippen LogP contribution in [0, 0.1) is 0 Å². The molecule has 0 aliphatic rings. The first-order chi connectivity index (χ1) is 4.70. The zero-order valence-corrected chi connectivity index (χ0v) is 7.35. The molecule has 1 nitrogen and oxygen atoms in total. The molecule has 0 heterocycles. The Morgan fingerprint density at radius 2 is 1.80 bits per heavy atom. The van der Waals surface area contributed by atoms with Gasteiger partial charge >= 0.3 is 0 Å². The van der Waals surface area contributed by atoms with Crippen molar-refractivity contribution in [1.82, 2.24) is 5.73 Å². The van der Waals surface area contributed by atoms with E-state index in [4.69, 9.17) is 5.73 Å². The maximum Gasteiger partial charge on any atom is 0.0434 e. The minimum absolute atomic E-state index is 0.118. The first kappa shape index (κ1) is 7.76. The fourth-order valence-electron chi connectivity index (χ4n) is 0.751. The Hall–Kier alpha value is -0.340. The number of rotatable bonds is 1. The van der Waals surface area contributed by atoms with E-state index in [0.717, 1.165) is 10.0 Å². The Balaban J connectivity index is 2.89. The van der Waals surface area contributed by atoms with Crippen molar-refractivity contribution in [1.29, 1.82) is 0 Å². The Labute approximate surface area is 69.4 Å². The van der Waals surface area contributed by atoms with Gasteiger partial charge in [0.05, 0.1) is 0 Å². The van der Waals surface area contributed by atoms with Crippen LogP contribution in [-0.2, 0) is 0 Å². The van der Waals surface area contributed by atoms with Crippen molar-refractivity contribution in [3.8, 4) is 0 Å². The maximum absolute atomic E-state index is 7.37. The van der Waals surface area contributed by atoms with Crippen molar-refractivity contribution in [2.24, 2.45) is 0 Å². The SMILES string of the molecule is C[C@@H]([NH])c1ccc(Br)cc1. The van der Waals surface area contributed by atoms with Gasteiger partial charge in [-0.1, -0.05) is 28.1 Å². The second-order valence-electron chi connectivity index (χ2n) is 2.27. The lowest BCUT2D eigenvalue weighted by atomic mass is 10.1. The zero-order valence-electron chi connectivity index (χ0n) is 5.76. The van der Waals surface area contributed by atoms with Crippen LogP contribution in [0.15, 0.2) is 28.7 Å². The molecular formula is C8H9BrN. The molecule has 1 aromatic carbocycles. The van der Waals surface area contributed by atoms with E-state index in [9.17, 15) is 0 Å². The average molecular weight is 199 g/mol. The summed E-state index contributed by atoms with van der Waals surface area (Å²) in [5, 5.41) is 0. The third-order valence-corrected chi connectivity index (χ3v) is 1.90. The lowest BCUT2D eigenvalue weighted by molar-refractivity contribution is 0.787. The minimum Gasteiger partial charge on any atom is -0.250 e. The van der Waals surface area contributed by atoms with Gasteiger partial charge in [0.25, 0.3) is 0 Å². The van der Waals surface area contributed by atoms with Crippen LogP contribution in [-0.4, -0.2) is 0 Å². The molecule has 0 unspecified atom stereocenters. The maximum atomic E-state index is 7.37. The number of nitrogens with one attached hydrogen (secondary N) is 1. The summed E-state index contributed by atoms with van der Waals surface area (Å²) in [5.74, 6) is 0. The Kier molecular flexibility index (Phi) is 2.46. The van der Waals surface area contributed by atoms with Crippen LogP contribution in [0.2, 0.25) is 0 Å². The van der Waals surface area contributed by atoms with Gasteiger partial charge in [-0.3, -0.25) is 5.73 Å². The third kappa shape index (κ3) is 1.82. The molecule has 1 aromatic rings. The standard InChI is InChI=1S/C8H9BrN/c1-6(10)7-2-4-8(9)5-3-7/h2-6,10H,1H3/t6-/m1/s1. The summed E-state index contributed by atoms with van der Waals surface area (Å²) in [6.07, 6.45) is 0. The fourth-order valence-corrected chi connectivity index (χ4v) is 1.02. The Morgan fingerprint density at radius 1 is 1.30 bits per heavy atom. The predicted octanol–water partition coefficient (Wildman–Crippen LogP) is 2.79. The summed E-state index contributed by atoms with van der Waals surface area (Å²) in [6.45, 7) is 1.86. The van der Waals surface area contributed by atoms with Crippen molar-refractivity contribution >= 4 is 15.9 Å². The largest absolute Gasteiger partial charge is 0.250 e. The summed E-state index contributed by atoms with van der Waals surface area (Å²) >= 11 is 3.33. The van der Waals surface area contributed by atoms with E-state index >= 15 is 0 Å². The van der Waals surface area contributed by atoms with Crippen molar-refractivity contribution < 1.29 is 0 Å². The van der Waals surface area contributed by atoms with E-state index < -0.39 is 0 Å². The molecule has 0 amide bonds. The first-order valence-corrected chi connectivity index (χ1v) is 3.96. The average Bonchev–Trinajstić information content (AvgIpc) is 1.88. The van der Waals surface area contributed by atoms with Gasteiger partial charge in [0, 0.05) is 10.5 Å². The molecule has 10 heavy (non-hydrogen) atoms. The van der Waals surface area contributed by atoms with E-state index in [1.54, 1.807) is 0 Å². The smallest absolute Gasteiger partial charge is 0.0434 e. The van der Waals surface area contributed by atoms with Crippen LogP contribution in [0.4, 0.5) is 0 Å². The first-order valence-electron chi connectivity index (χ1n) is 3.17. The summed E-state index contributed by atoms with van der Waals surface area (Å²) in [7, 11) is 0. The summed E-state index contributed by atoms with van der Waals surface area (Å²) in [6, 6.07) is 7.72. The topological polar surface area (TPSA) is 23.8 Å². The molecule has 1 rings (SSSR count). The van der Waals surface area contributed by atoms with E-state index in [0.29, 0.717) is 0 Å². The number of benzene rings is 1. The molecule has 0 fully saturated rings. The molecule has 0 aliphatic carbocycles. The van der Waals surface area contributed by atoms with Crippen LogP contribution < -0.4 is 5.73 Å². The number of hydrogen-bond acceptors (Lipinski definition) is 0. The van der Waals surface area contributed by atoms with Crippen LogP contribution >= 0.6 is 15.9 Å². The van der Waals surface area contributed by atoms with Crippen LogP contribution in [0.5, 0.6) is 0 Å². The molecule has 53 valence electrons. The molecule has 0 bridgehead atoms. The molecule has 0 aromatic heterocycles. The van der Waals surface area contributed by atoms with E-state index in [2.05, 4.69) is 15.9 Å². The fraction of sp³-hybridized carbons (Fsp3) is 0.250. The highest BCUT2D eigenvalue weighted by Crippen LogP contribution is 2.15. The Morgan fingerprint density at radius 3 is 2.20 bits per heavy atom. The molecule has 1 radical (unpaired) electrons. The molecule has 0 saturated carbocycles. The predicted molar refractivity (Wildman–Crippen MR) is 45.7 cm³/mol. The van der Waals surface area contributed by atoms with E-state index in [1.807, 2.05) is 31.2 Å². The van der Waals surface area contributed by atoms with Gasteiger partial charge in [-0.25, -0.2) is 0 Å². The molecule has 1 atom stereocenters. The van der Waals surface area contributed by atoms with E-state index in [-0.39, 0.29) is 6.04 Å². The monoisotopic (exact) mass is 198 g/mol. The lowest BCUT2D eigenvalue weighted by Gasteiger charge is -2.02. The van der Waals surface area contributed by atoms with Gasteiger partial charge in [-0.05, 0) is 24.6 Å².